The Balaban J connectivity index is 0.00000461. The van der Waals surface area contributed by atoms with Gasteiger partial charge in [0, 0.05) is 61.6 Å². The summed E-state index contributed by atoms with van der Waals surface area (Å²) in [6.07, 6.45) is 3.20. The topological polar surface area (TPSA) is 125 Å². The number of halogens is 4. The van der Waals surface area contributed by atoms with Crippen LogP contribution in [0.5, 0.6) is 5.75 Å². The summed E-state index contributed by atoms with van der Waals surface area (Å²) in [6.45, 7) is 3.16. The first kappa shape index (κ1) is 34.3. The predicted octanol–water partition coefficient (Wildman–Crippen LogP) is 4.11. The maximum absolute atomic E-state index is 16.0. The van der Waals surface area contributed by atoms with Gasteiger partial charge in [0.2, 0.25) is 11.3 Å². The van der Waals surface area contributed by atoms with Crippen LogP contribution in [0.25, 0.3) is 10.9 Å². The number of imide groups is 1. The van der Waals surface area contributed by atoms with Crippen LogP contribution in [0.2, 0.25) is 10.0 Å². The van der Waals surface area contributed by atoms with Gasteiger partial charge in [-0.1, -0.05) is 29.3 Å². The SMILES string of the molecule is CNC(=O)NC(=O)CN1CCN(c2c(F)cc3c(=O)c(C(=O)NCc4ccc(Cl)cc4Cl)cn(C4CC4)c3c2OC)CC1C.Cl. The molecular weight excluding hydrogens is 650 g/mol. The lowest BCUT2D eigenvalue weighted by Crippen LogP contribution is -2.55. The van der Waals surface area contributed by atoms with E-state index in [0.29, 0.717) is 40.8 Å². The van der Waals surface area contributed by atoms with Gasteiger partial charge >= 0.3 is 6.03 Å². The van der Waals surface area contributed by atoms with Crippen LogP contribution in [0.4, 0.5) is 14.9 Å². The first-order valence-corrected chi connectivity index (χ1v) is 15.0. The fourth-order valence-corrected chi connectivity index (χ4v) is 5.99. The Morgan fingerprint density at radius 2 is 1.87 bits per heavy atom. The Morgan fingerprint density at radius 1 is 1.13 bits per heavy atom. The third kappa shape index (κ3) is 7.30. The van der Waals surface area contributed by atoms with Crippen molar-refractivity contribution in [2.24, 2.45) is 0 Å². The van der Waals surface area contributed by atoms with Gasteiger partial charge in [0.05, 0.1) is 24.6 Å². The highest BCUT2D eigenvalue weighted by atomic mass is 35.5. The van der Waals surface area contributed by atoms with E-state index in [1.165, 1.54) is 26.4 Å². The smallest absolute Gasteiger partial charge is 0.321 e. The number of piperazine rings is 1. The number of urea groups is 1. The summed E-state index contributed by atoms with van der Waals surface area (Å²) in [4.78, 5) is 54.4. The Bertz CT molecular complexity index is 1700. The van der Waals surface area contributed by atoms with E-state index in [0.717, 1.165) is 12.8 Å². The molecule has 2 aliphatic rings. The zero-order valence-corrected chi connectivity index (χ0v) is 27.2. The molecule has 1 atom stereocenters. The maximum Gasteiger partial charge on any atom is 0.321 e. The molecule has 5 rings (SSSR count). The molecule has 1 unspecified atom stereocenters. The monoisotopic (exact) mass is 682 g/mol. The van der Waals surface area contributed by atoms with Crippen molar-refractivity contribution < 1.29 is 23.5 Å². The molecule has 4 amide bonds. The van der Waals surface area contributed by atoms with E-state index in [-0.39, 0.29) is 60.0 Å². The second-order valence-electron chi connectivity index (χ2n) is 11.0. The molecule has 1 aliphatic heterocycles. The molecule has 11 nitrogen and oxygen atoms in total. The molecule has 15 heteroatoms. The number of rotatable bonds is 8. The zero-order chi connectivity index (χ0) is 31.7. The number of carbonyl (C=O) groups is 3. The molecular formula is C30H34Cl3FN6O5. The molecule has 3 N–H and O–H groups in total. The van der Waals surface area contributed by atoms with Crippen molar-refractivity contribution in [3.63, 3.8) is 0 Å². The second kappa shape index (κ2) is 14.2. The number of ether oxygens (including phenoxy) is 1. The number of hydrogen-bond donors (Lipinski definition) is 3. The number of aromatic nitrogens is 1. The number of anilines is 1. The predicted molar refractivity (Wildman–Crippen MR) is 174 cm³/mol. The van der Waals surface area contributed by atoms with Crippen molar-refractivity contribution in [1.82, 2.24) is 25.4 Å². The van der Waals surface area contributed by atoms with Crippen molar-refractivity contribution in [3.8, 4) is 5.75 Å². The van der Waals surface area contributed by atoms with Crippen LogP contribution in [0.3, 0.4) is 0 Å². The van der Waals surface area contributed by atoms with Crippen molar-refractivity contribution in [1.29, 1.82) is 0 Å². The lowest BCUT2D eigenvalue weighted by Gasteiger charge is -2.41. The molecule has 1 aliphatic carbocycles. The first-order chi connectivity index (χ1) is 21.0. The summed E-state index contributed by atoms with van der Waals surface area (Å²) < 4.78 is 23.6. The van der Waals surface area contributed by atoms with Gasteiger partial charge in [-0.2, -0.15) is 0 Å². The van der Waals surface area contributed by atoms with Gasteiger partial charge in [-0.05, 0) is 43.5 Å². The summed E-state index contributed by atoms with van der Waals surface area (Å²) in [6, 6.07) is 5.37. The van der Waals surface area contributed by atoms with E-state index in [1.54, 1.807) is 18.2 Å². The van der Waals surface area contributed by atoms with E-state index in [4.69, 9.17) is 27.9 Å². The van der Waals surface area contributed by atoms with Crippen LogP contribution in [0, 0.1) is 5.82 Å². The number of pyridine rings is 1. The van der Waals surface area contributed by atoms with Crippen LogP contribution >= 0.6 is 35.6 Å². The Kier molecular flexibility index (Phi) is 10.9. The summed E-state index contributed by atoms with van der Waals surface area (Å²) in [5.41, 5.74) is 0.548. The average Bonchev–Trinajstić information content (AvgIpc) is 3.83. The van der Waals surface area contributed by atoms with Gasteiger partial charge < -0.3 is 24.8 Å². The zero-order valence-electron chi connectivity index (χ0n) is 24.9. The van der Waals surface area contributed by atoms with Gasteiger partial charge in [-0.25, -0.2) is 9.18 Å². The molecule has 45 heavy (non-hydrogen) atoms. The lowest BCUT2D eigenvalue weighted by atomic mass is 10.1. The van der Waals surface area contributed by atoms with Crippen LogP contribution in [0.15, 0.2) is 35.3 Å². The van der Waals surface area contributed by atoms with Crippen LogP contribution in [-0.4, -0.2) is 73.7 Å². The fourth-order valence-electron chi connectivity index (χ4n) is 5.52. The largest absolute Gasteiger partial charge is 0.492 e. The number of hydrogen-bond acceptors (Lipinski definition) is 7. The Labute approximate surface area is 275 Å². The number of methoxy groups -OCH3 is 1. The van der Waals surface area contributed by atoms with E-state index >= 15 is 4.39 Å². The van der Waals surface area contributed by atoms with Crippen molar-refractivity contribution in [2.45, 2.75) is 38.4 Å². The molecule has 3 aromatic rings. The number of benzene rings is 2. The number of nitrogens with one attached hydrogen (secondary N) is 3. The standard InChI is InChI=1S/C30H33Cl2FN6O5.ClH/c1-16-13-38(9-8-37(16)15-24(40)36-30(43)34-2)26-23(33)11-20-25(28(26)44-3)39(19-6-7-19)14-21(27(20)41)29(42)35-12-17-4-5-18(31)10-22(17)32;/h4-5,10-11,14,16,19H,6-9,12-13,15H2,1-3H3,(H,35,42)(H2,34,36,40,43);1H. The lowest BCUT2D eigenvalue weighted by molar-refractivity contribution is -0.121. The highest BCUT2D eigenvalue weighted by molar-refractivity contribution is 6.35. The summed E-state index contributed by atoms with van der Waals surface area (Å²) >= 11 is 12.2. The average molecular weight is 684 g/mol. The Hall–Kier alpha value is -3.58. The third-order valence-corrected chi connectivity index (χ3v) is 8.54. The third-order valence-electron chi connectivity index (χ3n) is 7.95. The van der Waals surface area contributed by atoms with Crippen molar-refractivity contribution in [3.05, 3.63) is 67.7 Å². The van der Waals surface area contributed by atoms with Gasteiger partial charge in [-0.15, -0.1) is 12.4 Å². The molecule has 2 aromatic carbocycles. The molecule has 0 bridgehead atoms. The van der Waals surface area contributed by atoms with E-state index in [2.05, 4.69) is 16.0 Å². The van der Waals surface area contributed by atoms with Crippen molar-refractivity contribution >= 4 is 70.0 Å². The van der Waals surface area contributed by atoms with Gasteiger partial charge in [0.1, 0.15) is 11.3 Å². The van der Waals surface area contributed by atoms with E-state index in [1.807, 2.05) is 21.3 Å². The molecule has 242 valence electrons. The minimum absolute atomic E-state index is 0. The van der Waals surface area contributed by atoms with Crippen LogP contribution < -0.4 is 31.0 Å². The molecule has 1 saturated carbocycles. The molecule has 0 spiro atoms. The number of nitrogens with zero attached hydrogens (tertiary/aromatic N) is 3. The quantitative estimate of drug-likeness (QED) is 0.327. The number of amides is 4. The molecule has 1 saturated heterocycles. The summed E-state index contributed by atoms with van der Waals surface area (Å²) in [7, 11) is 2.85. The number of fused-ring (bicyclic) bond motifs is 1. The van der Waals surface area contributed by atoms with Gasteiger partial charge in [0.25, 0.3) is 5.91 Å². The minimum Gasteiger partial charge on any atom is -0.492 e. The second-order valence-corrected chi connectivity index (χ2v) is 11.8. The highest BCUT2D eigenvalue weighted by Gasteiger charge is 2.33. The normalized spacial score (nSPS) is 16.6. The van der Waals surface area contributed by atoms with E-state index < -0.39 is 29.1 Å². The highest BCUT2D eigenvalue weighted by Crippen LogP contribution is 2.44. The fraction of sp³-hybridized carbons (Fsp3) is 0.400. The van der Waals surface area contributed by atoms with Crippen LogP contribution in [0.1, 0.15) is 41.7 Å². The summed E-state index contributed by atoms with van der Waals surface area (Å²) in [5.74, 6) is -1.49. The van der Waals surface area contributed by atoms with Crippen LogP contribution in [-0.2, 0) is 11.3 Å². The minimum atomic E-state index is -0.655. The molecule has 2 fully saturated rings. The number of carbonyl (C=O) groups excluding carboxylic acids is 3. The van der Waals surface area contributed by atoms with Gasteiger partial charge in [-0.3, -0.25) is 24.6 Å². The first-order valence-electron chi connectivity index (χ1n) is 14.2. The van der Waals surface area contributed by atoms with Crippen molar-refractivity contribution in [2.75, 3.05) is 45.2 Å². The molecule has 1 aromatic heterocycles. The van der Waals surface area contributed by atoms with Gasteiger partial charge in [0.15, 0.2) is 11.6 Å². The Morgan fingerprint density at radius 3 is 2.49 bits per heavy atom. The summed E-state index contributed by atoms with van der Waals surface area (Å²) in [5, 5.41) is 8.23. The molecule has 2 heterocycles. The maximum atomic E-state index is 16.0. The molecule has 0 radical (unpaired) electrons. The van der Waals surface area contributed by atoms with E-state index in [9.17, 15) is 19.2 Å².